The number of sulfonamides is 1. The Labute approximate surface area is 123 Å². The maximum atomic E-state index is 12.1. The van der Waals surface area contributed by atoms with Crippen molar-refractivity contribution in [2.24, 2.45) is 0 Å². The van der Waals surface area contributed by atoms with Gasteiger partial charge in [0.15, 0.2) is 5.25 Å². The summed E-state index contributed by atoms with van der Waals surface area (Å²) in [4.78, 5) is 12.9. The zero-order valence-corrected chi connectivity index (χ0v) is 12.5. The summed E-state index contributed by atoms with van der Waals surface area (Å²) in [5.74, 6) is -1.16. The molecule has 0 radical (unpaired) electrons. The zero-order valence-electron chi connectivity index (χ0n) is 11.6. The molecule has 1 heterocycles. The third kappa shape index (κ3) is 3.27. The zero-order chi connectivity index (χ0) is 15.6. The third-order valence-electron chi connectivity index (χ3n) is 3.61. The number of benzene rings is 1. The lowest BCUT2D eigenvalue weighted by atomic mass is 10.2. The first kappa shape index (κ1) is 15.6. The Morgan fingerprint density at radius 1 is 1.14 bits per heavy atom. The Morgan fingerprint density at radius 3 is 2.14 bits per heavy atom. The molecule has 8 heteroatoms. The summed E-state index contributed by atoms with van der Waals surface area (Å²) in [5, 5.41) is 16.7. The van der Waals surface area contributed by atoms with E-state index in [9.17, 15) is 18.3 Å². The molecule has 1 aromatic rings. The molecular weight excluding hydrogens is 296 g/mol. The van der Waals surface area contributed by atoms with Gasteiger partial charge < -0.3 is 15.1 Å². The minimum atomic E-state index is -3.81. The lowest BCUT2D eigenvalue weighted by Crippen LogP contribution is -2.51. The van der Waals surface area contributed by atoms with Gasteiger partial charge in [-0.25, -0.2) is 8.42 Å². The van der Waals surface area contributed by atoms with Crippen molar-refractivity contribution in [3.63, 3.8) is 0 Å². The Balaban J connectivity index is 2.03. The molecule has 0 aliphatic carbocycles. The van der Waals surface area contributed by atoms with Gasteiger partial charge in [0.1, 0.15) is 5.75 Å². The van der Waals surface area contributed by atoms with Crippen LogP contribution < -0.4 is 4.90 Å². The van der Waals surface area contributed by atoms with Crippen LogP contribution in [-0.4, -0.2) is 60.3 Å². The molecule has 1 aromatic carbocycles. The Bertz CT molecular complexity index is 606. The highest BCUT2D eigenvalue weighted by atomic mass is 32.2. The van der Waals surface area contributed by atoms with Crippen LogP contribution >= 0.6 is 0 Å². The van der Waals surface area contributed by atoms with Crippen molar-refractivity contribution in [2.75, 3.05) is 31.1 Å². The lowest BCUT2D eigenvalue weighted by molar-refractivity contribution is -0.136. The van der Waals surface area contributed by atoms with Crippen LogP contribution in [0.15, 0.2) is 24.3 Å². The van der Waals surface area contributed by atoms with Gasteiger partial charge in [-0.15, -0.1) is 0 Å². The molecule has 0 spiro atoms. The summed E-state index contributed by atoms with van der Waals surface area (Å²) in [6.45, 7) is 2.65. The standard InChI is InChI=1S/C13H18N2O5S/c1-10(13(17)18)21(19,20)15-8-6-14(7-9-15)11-2-4-12(16)5-3-11/h2-5,10,16H,6-9H2,1H3,(H,17,18). The van der Waals surface area contributed by atoms with E-state index in [-0.39, 0.29) is 18.8 Å². The second kappa shape index (κ2) is 5.90. The second-order valence-corrected chi connectivity index (χ2v) is 7.18. The highest BCUT2D eigenvalue weighted by molar-refractivity contribution is 7.90. The van der Waals surface area contributed by atoms with Crippen molar-refractivity contribution in [2.45, 2.75) is 12.2 Å². The number of carbonyl (C=O) groups is 1. The average molecular weight is 314 g/mol. The maximum Gasteiger partial charge on any atom is 0.323 e. The molecule has 2 rings (SSSR count). The van der Waals surface area contributed by atoms with Crippen LogP contribution in [-0.2, 0) is 14.8 Å². The summed E-state index contributed by atoms with van der Waals surface area (Å²) in [5.41, 5.74) is 0.899. The molecule has 0 bridgehead atoms. The number of hydrogen-bond donors (Lipinski definition) is 2. The normalized spacial score (nSPS) is 18.4. The molecule has 0 aromatic heterocycles. The average Bonchev–Trinajstić information content (AvgIpc) is 2.47. The van der Waals surface area contributed by atoms with E-state index in [1.54, 1.807) is 24.3 Å². The van der Waals surface area contributed by atoms with Crippen molar-refractivity contribution >= 4 is 21.7 Å². The van der Waals surface area contributed by atoms with Crippen LogP contribution in [0.25, 0.3) is 0 Å². The highest BCUT2D eigenvalue weighted by Crippen LogP contribution is 2.21. The maximum absolute atomic E-state index is 12.1. The van der Waals surface area contributed by atoms with Crippen molar-refractivity contribution in [1.82, 2.24) is 4.31 Å². The Morgan fingerprint density at radius 2 is 1.67 bits per heavy atom. The number of nitrogens with zero attached hydrogens (tertiary/aromatic N) is 2. The number of piperazine rings is 1. The van der Waals surface area contributed by atoms with Crippen molar-refractivity contribution in [3.05, 3.63) is 24.3 Å². The molecule has 1 unspecified atom stereocenters. The van der Waals surface area contributed by atoms with E-state index < -0.39 is 21.2 Å². The van der Waals surface area contributed by atoms with Crippen LogP contribution in [0.2, 0.25) is 0 Å². The van der Waals surface area contributed by atoms with E-state index in [4.69, 9.17) is 5.11 Å². The molecule has 0 saturated carbocycles. The van der Waals surface area contributed by atoms with E-state index in [2.05, 4.69) is 0 Å². The minimum Gasteiger partial charge on any atom is -0.508 e. The van der Waals surface area contributed by atoms with Crippen LogP contribution in [0.1, 0.15) is 6.92 Å². The van der Waals surface area contributed by atoms with Crippen molar-refractivity contribution in [1.29, 1.82) is 0 Å². The number of aliphatic carboxylic acids is 1. The van der Waals surface area contributed by atoms with Gasteiger partial charge >= 0.3 is 5.97 Å². The number of rotatable bonds is 4. The van der Waals surface area contributed by atoms with E-state index in [0.717, 1.165) is 5.69 Å². The van der Waals surface area contributed by atoms with E-state index >= 15 is 0 Å². The predicted molar refractivity (Wildman–Crippen MR) is 77.9 cm³/mol. The second-order valence-electron chi connectivity index (χ2n) is 4.93. The molecule has 1 atom stereocenters. The molecule has 1 saturated heterocycles. The Hall–Kier alpha value is -1.80. The molecule has 21 heavy (non-hydrogen) atoms. The fourth-order valence-corrected chi connectivity index (χ4v) is 3.59. The number of phenolic OH excluding ortho intramolecular Hbond substituents is 1. The van der Waals surface area contributed by atoms with Crippen LogP contribution in [0.4, 0.5) is 5.69 Å². The topological polar surface area (TPSA) is 98.1 Å². The molecule has 1 aliphatic heterocycles. The van der Waals surface area contributed by atoms with Gasteiger partial charge in [-0.3, -0.25) is 4.79 Å². The Kier molecular flexibility index (Phi) is 4.38. The highest BCUT2D eigenvalue weighted by Gasteiger charge is 2.35. The summed E-state index contributed by atoms with van der Waals surface area (Å²) in [6.07, 6.45) is 0. The largest absolute Gasteiger partial charge is 0.508 e. The number of anilines is 1. The third-order valence-corrected chi connectivity index (χ3v) is 5.79. The van der Waals surface area contributed by atoms with Crippen molar-refractivity contribution < 1.29 is 23.4 Å². The summed E-state index contributed by atoms with van der Waals surface area (Å²) in [7, 11) is -3.81. The van der Waals surface area contributed by atoms with Gasteiger partial charge in [0.25, 0.3) is 0 Å². The first-order chi connectivity index (χ1) is 9.82. The summed E-state index contributed by atoms with van der Waals surface area (Å²) < 4.78 is 25.4. The van der Waals surface area contributed by atoms with Crippen LogP contribution in [0.5, 0.6) is 5.75 Å². The van der Waals surface area contributed by atoms with Crippen LogP contribution in [0.3, 0.4) is 0 Å². The molecule has 1 aliphatic rings. The quantitative estimate of drug-likeness (QED) is 0.830. The molecule has 0 amide bonds. The van der Waals surface area contributed by atoms with Gasteiger partial charge in [0.05, 0.1) is 0 Å². The minimum absolute atomic E-state index is 0.176. The summed E-state index contributed by atoms with van der Waals surface area (Å²) >= 11 is 0. The molecular formula is C13H18N2O5S. The predicted octanol–water partition coefficient (Wildman–Crippen LogP) is 0.317. The van der Waals surface area contributed by atoms with Crippen molar-refractivity contribution in [3.8, 4) is 5.75 Å². The summed E-state index contributed by atoms with van der Waals surface area (Å²) in [6, 6.07) is 6.68. The number of phenols is 1. The van der Waals surface area contributed by atoms with Gasteiger partial charge in [0.2, 0.25) is 10.0 Å². The van der Waals surface area contributed by atoms with E-state index in [1.807, 2.05) is 4.90 Å². The number of carboxylic acid groups (broad SMARTS) is 1. The first-order valence-corrected chi connectivity index (χ1v) is 8.08. The fourth-order valence-electron chi connectivity index (χ4n) is 2.22. The van der Waals surface area contributed by atoms with Crippen LogP contribution in [0, 0.1) is 0 Å². The smallest absolute Gasteiger partial charge is 0.323 e. The molecule has 2 N–H and O–H groups in total. The van der Waals surface area contributed by atoms with E-state index in [1.165, 1.54) is 11.2 Å². The first-order valence-electron chi connectivity index (χ1n) is 6.58. The van der Waals surface area contributed by atoms with Gasteiger partial charge in [0, 0.05) is 31.9 Å². The number of carboxylic acids is 1. The molecule has 1 fully saturated rings. The fraction of sp³-hybridized carbons (Fsp3) is 0.462. The van der Waals surface area contributed by atoms with Gasteiger partial charge in [-0.1, -0.05) is 0 Å². The monoisotopic (exact) mass is 314 g/mol. The van der Waals surface area contributed by atoms with Gasteiger partial charge in [-0.2, -0.15) is 4.31 Å². The SMILES string of the molecule is CC(C(=O)O)S(=O)(=O)N1CCN(c2ccc(O)cc2)CC1. The lowest BCUT2D eigenvalue weighted by Gasteiger charge is -2.36. The van der Waals surface area contributed by atoms with Gasteiger partial charge in [-0.05, 0) is 31.2 Å². The molecule has 7 nitrogen and oxygen atoms in total. The number of aromatic hydroxyl groups is 1. The molecule has 116 valence electrons. The number of hydrogen-bond acceptors (Lipinski definition) is 5. The van der Waals surface area contributed by atoms with E-state index in [0.29, 0.717) is 13.1 Å².